The number of nitrogens with two attached hydrogens (primary N) is 1. The summed E-state index contributed by atoms with van der Waals surface area (Å²) in [7, 11) is 0. The van der Waals surface area contributed by atoms with Crippen LogP contribution in [0.25, 0.3) is 5.69 Å². The molecule has 4 heterocycles. The molecule has 1 saturated heterocycles. The Morgan fingerprint density at radius 2 is 1.85 bits per heavy atom. The van der Waals surface area contributed by atoms with Crippen molar-refractivity contribution in [1.82, 2.24) is 19.7 Å². The van der Waals surface area contributed by atoms with Crippen LogP contribution >= 0.6 is 11.6 Å². The molecule has 7 heteroatoms. The molecule has 0 saturated carbocycles. The van der Waals surface area contributed by atoms with Crippen molar-refractivity contribution in [2.45, 2.75) is 31.2 Å². The summed E-state index contributed by atoms with van der Waals surface area (Å²) in [5.74, 6) is 3.28. The average molecular weight is 381 g/mol. The van der Waals surface area contributed by atoms with E-state index in [2.05, 4.69) is 36.8 Å². The molecule has 3 aromatic rings. The third kappa shape index (κ3) is 2.89. The Hall–Kier alpha value is -2.44. The second-order valence-corrected chi connectivity index (χ2v) is 7.72. The van der Waals surface area contributed by atoms with Crippen LogP contribution in [-0.2, 0) is 6.42 Å². The SMILES string of the molecule is NC1Cc2cc(Cl)ccc2-n2c1nnc2C1CCN(c2ccccn2)CC1. The summed E-state index contributed by atoms with van der Waals surface area (Å²) in [6.45, 7) is 1.92. The van der Waals surface area contributed by atoms with Crippen LogP contribution in [0, 0.1) is 0 Å². The van der Waals surface area contributed by atoms with E-state index in [0.29, 0.717) is 5.92 Å². The first-order valence-electron chi connectivity index (χ1n) is 9.36. The molecule has 27 heavy (non-hydrogen) atoms. The summed E-state index contributed by atoms with van der Waals surface area (Å²) in [6, 6.07) is 11.9. The number of anilines is 1. The number of nitrogens with zero attached hydrogens (tertiary/aromatic N) is 5. The molecule has 1 fully saturated rings. The van der Waals surface area contributed by atoms with E-state index in [1.54, 1.807) is 0 Å². The Morgan fingerprint density at radius 3 is 2.63 bits per heavy atom. The van der Waals surface area contributed by atoms with Crippen molar-refractivity contribution in [2.24, 2.45) is 5.73 Å². The highest BCUT2D eigenvalue weighted by Crippen LogP contribution is 2.36. The molecule has 0 spiro atoms. The first kappa shape index (κ1) is 16.7. The van der Waals surface area contributed by atoms with Crippen LogP contribution in [0.1, 0.15) is 42.0 Å². The van der Waals surface area contributed by atoms with E-state index in [0.717, 1.165) is 66.1 Å². The van der Waals surface area contributed by atoms with Crippen LogP contribution < -0.4 is 10.6 Å². The minimum Gasteiger partial charge on any atom is -0.357 e. The summed E-state index contributed by atoms with van der Waals surface area (Å²) in [5.41, 5.74) is 8.64. The summed E-state index contributed by atoms with van der Waals surface area (Å²) in [5, 5.41) is 9.74. The Labute approximate surface area is 163 Å². The van der Waals surface area contributed by atoms with Crippen LogP contribution in [0.15, 0.2) is 42.6 Å². The van der Waals surface area contributed by atoms with Gasteiger partial charge in [0.2, 0.25) is 0 Å². The van der Waals surface area contributed by atoms with Gasteiger partial charge in [0, 0.05) is 30.2 Å². The zero-order chi connectivity index (χ0) is 18.4. The van der Waals surface area contributed by atoms with Crippen LogP contribution in [-0.4, -0.2) is 32.8 Å². The number of benzene rings is 1. The van der Waals surface area contributed by atoms with Crippen LogP contribution in [0.2, 0.25) is 5.02 Å². The zero-order valence-electron chi connectivity index (χ0n) is 14.9. The highest BCUT2D eigenvalue weighted by Gasteiger charge is 2.32. The molecule has 6 nitrogen and oxygen atoms in total. The van der Waals surface area contributed by atoms with Crippen molar-refractivity contribution in [3.63, 3.8) is 0 Å². The third-order valence-electron chi connectivity index (χ3n) is 5.60. The standard InChI is InChI=1S/C20H21ClN6/c21-15-4-5-17-14(11-15)12-16(22)20-25-24-19(27(17)20)13-6-9-26(10-7-13)18-3-1-2-8-23-18/h1-5,8,11,13,16H,6-7,9-10,12,22H2. The predicted octanol–water partition coefficient (Wildman–Crippen LogP) is 3.26. The fourth-order valence-electron chi connectivity index (χ4n) is 4.23. The lowest BCUT2D eigenvalue weighted by molar-refractivity contribution is 0.474. The topological polar surface area (TPSA) is 72.9 Å². The Morgan fingerprint density at radius 1 is 1.04 bits per heavy atom. The third-order valence-corrected chi connectivity index (χ3v) is 5.84. The molecule has 138 valence electrons. The van der Waals surface area contributed by atoms with E-state index in [1.807, 2.05) is 30.5 Å². The number of rotatable bonds is 2. The zero-order valence-corrected chi connectivity index (χ0v) is 15.7. The van der Waals surface area contributed by atoms with Gasteiger partial charge >= 0.3 is 0 Å². The minimum absolute atomic E-state index is 0.147. The van der Waals surface area contributed by atoms with Gasteiger partial charge in [-0.05, 0) is 55.2 Å². The number of piperidine rings is 1. The number of fused-ring (bicyclic) bond motifs is 3. The monoisotopic (exact) mass is 380 g/mol. The predicted molar refractivity (Wildman–Crippen MR) is 105 cm³/mol. The van der Waals surface area contributed by atoms with E-state index in [1.165, 1.54) is 0 Å². The minimum atomic E-state index is -0.147. The molecule has 2 aliphatic heterocycles. The smallest absolute Gasteiger partial charge is 0.154 e. The quantitative estimate of drug-likeness (QED) is 0.738. The van der Waals surface area contributed by atoms with Gasteiger partial charge < -0.3 is 10.6 Å². The molecule has 1 atom stereocenters. The van der Waals surface area contributed by atoms with Gasteiger partial charge in [-0.25, -0.2) is 4.98 Å². The van der Waals surface area contributed by atoms with E-state index in [9.17, 15) is 0 Å². The van der Waals surface area contributed by atoms with Crippen molar-refractivity contribution < 1.29 is 0 Å². The highest BCUT2D eigenvalue weighted by atomic mass is 35.5. The summed E-state index contributed by atoms with van der Waals surface area (Å²) in [4.78, 5) is 6.81. The van der Waals surface area contributed by atoms with Crippen LogP contribution in [0.5, 0.6) is 0 Å². The van der Waals surface area contributed by atoms with Gasteiger partial charge in [0.25, 0.3) is 0 Å². The fourth-order valence-corrected chi connectivity index (χ4v) is 4.43. The van der Waals surface area contributed by atoms with Crippen LogP contribution in [0.3, 0.4) is 0 Å². The summed E-state index contributed by atoms with van der Waals surface area (Å²) in [6.07, 6.45) is 4.63. The molecular weight excluding hydrogens is 360 g/mol. The van der Waals surface area contributed by atoms with Crippen molar-refractivity contribution in [3.8, 4) is 5.69 Å². The largest absolute Gasteiger partial charge is 0.357 e. The van der Waals surface area contributed by atoms with E-state index < -0.39 is 0 Å². The summed E-state index contributed by atoms with van der Waals surface area (Å²) < 4.78 is 2.17. The molecular formula is C20H21ClN6. The highest BCUT2D eigenvalue weighted by molar-refractivity contribution is 6.30. The summed E-state index contributed by atoms with van der Waals surface area (Å²) >= 11 is 6.20. The van der Waals surface area contributed by atoms with E-state index >= 15 is 0 Å². The molecule has 2 aliphatic rings. The van der Waals surface area contributed by atoms with Gasteiger partial charge in [-0.15, -0.1) is 10.2 Å². The maximum absolute atomic E-state index is 6.37. The molecule has 0 bridgehead atoms. The van der Waals surface area contributed by atoms with Gasteiger partial charge in [-0.2, -0.15) is 0 Å². The molecule has 0 amide bonds. The lowest BCUT2D eigenvalue weighted by atomic mass is 9.94. The Kier molecular flexibility index (Phi) is 4.10. The van der Waals surface area contributed by atoms with Gasteiger partial charge in [0.15, 0.2) is 5.82 Å². The van der Waals surface area contributed by atoms with Gasteiger partial charge in [-0.3, -0.25) is 4.57 Å². The molecule has 1 aromatic carbocycles. The molecule has 2 aromatic heterocycles. The van der Waals surface area contributed by atoms with E-state index in [-0.39, 0.29) is 6.04 Å². The normalized spacial score (nSPS) is 19.6. The van der Waals surface area contributed by atoms with E-state index in [4.69, 9.17) is 17.3 Å². The molecule has 2 N–H and O–H groups in total. The van der Waals surface area contributed by atoms with Crippen molar-refractivity contribution in [3.05, 3.63) is 64.8 Å². The molecule has 0 aliphatic carbocycles. The number of hydrogen-bond acceptors (Lipinski definition) is 5. The Bertz CT molecular complexity index is 962. The van der Waals surface area contributed by atoms with Gasteiger partial charge in [0.05, 0.1) is 11.7 Å². The number of hydrogen-bond donors (Lipinski definition) is 1. The number of pyridine rings is 1. The number of aromatic nitrogens is 4. The van der Waals surface area contributed by atoms with Gasteiger partial charge in [0.1, 0.15) is 11.6 Å². The lowest BCUT2D eigenvalue weighted by Crippen LogP contribution is -2.34. The molecule has 0 radical (unpaired) electrons. The van der Waals surface area contributed by atoms with Crippen molar-refractivity contribution in [2.75, 3.05) is 18.0 Å². The fraction of sp³-hybridized carbons (Fsp3) is 0.350. The molecule has 5 rings (SSSR count). The lowest BCUT2D eigenvalue weighted by Gasteiger charge is -2.33. The van der Waals surface area contributed by atoms with Crippen LogP contribution in [0.4, 0.5) is 5.82 Å². The molecule has 1 unspecified atom stereocenters. The first-order chi connectivity index (χ1) is 13.2. The Balaban J connectivity index is 1.44. The van der Waals surface area contributed by atoms with Crippen molar-refractivity contribution in [1.29, 1.82) is 0 Å². The second-order valence-electron chi connectivity index (χ2n) is 7.28. The maximum Gasteiger partial charge on any atom is 0.154 e. The maximum atomic E-state index is 6.37. The number of halogens is 1. The van der Waals surface area contributed by atoms with Crippen molar-refractivity contribution >= 4 is 17.4 Å². The van der Waals surface area contributed by atoms with Gasteiger partial charge in [-0.1, -0.05) is 17.7 Å². The average Bonchev–Trinajstić information content (AvgIpc) is 3.15. The first-order valence-corrected chi connectivity index (χ1v) is 9.74. The second kappa shape index (κ2) is 6.62.